The lowest BCUT2D eigenvalue weighted by molar-refractivity contribution is -0.122. The Balaban J connectivity index is 2.88. The van der Waals surface area contributed by atoms with Crippen molar-refractivity contribution in [1.82, 2.24) is 5.32 Å². The fraction of sp³-hybridized carbons (Fsp3) is 0.222. The molecule has 1 aromatic rings. The molecule has 6 nitrogen and oxygen atoms in total. The topological polar surface area (TPSA) is 98.5 Å². The molecular weight excluding hydrogens is 251 g/mol. The van der Waals surface area contributed by atoms with Crippen molar-refractivity contribution in [2.45, 2.75) is 4.90 Å². The smallest absolute Gasteiger partial charge is 0.257 e. The number of halogens is 1. The second kappa shape index (κ2) is 5.11. The predicted molar refractivity (Wildman–Crippen MR) is 57.3 cm³/mol. The SMILES string of the molecule is CNC(=O)COc1ccc(S(N)(=O)=O)cc1F. The number of ether oxygens (including phenoxy) is 1. The van der Waals surface area contributed by atoms with Crippen LogP contribution in [0.3, 0.4) is 0 Å². The summed E-state index contributed by atoms with van der Waals surface area (Å²) in [6.45, 7) is -0.359. The Hall–Kier alpha value is -1.67. The number of primary sulfonamides is 1. The van der Waals surface area contributed by atoms with Gasteiger partial charge in [-0.25, -0.2) is 17.9 Å². The van der Waals surface area contributed by atoms with Gasteiger partial charge in [0.05, 0.1) is 4.90 Å². The first-order valence-corrected chi connectivity index (χ1v) is 6.05. The lowest BCUT2D eigenvalue weighted by Gasteiger charge is -2.07. The molecule has 0 spiro atoms. The third kappa shape index (κ3) is 3.68. The Morgan fingerprint density at radius 3 is 2.65 bits per heavy atom. The van der Waals surface area contributed by atoms with Gasteiger partial charge >= 0.3 is 0 Å². The molecule has 0 saturated carbocycles. The molecule has 17 heavy (non-hydrogen) atoms. The standard InChI is InChI=1S/C9H11FN2O4S/c1-12-9(13)5-16-8-3-2-6(4-7(8)10)17(11,14)15/h2-4H,5H2,1H3,(H,12,13)(H2,11,14,15). The minimum Gasteiger partial charge on any atom is -0.481 e. The summed E-state index contributed by atoms with van der Waals surface area (Å²) in [4.78, 5) is 10.5. The predicted octanol–water partition coefficient (Wildman–Crippen LogP) is -0.402. The molecule has 1 aromatic carbocycles. The van der Waals surface area contributed by atoms with Gasteiger partial charge in [0.2, 0.25) is 10.0 Å². The maximum Gasteiger partial charge on any atom is 0.257 e. The van der Waals surface area contributed by atoms with Crippen LogP contribution in [0.1, 0.15) is 0 Å². The van der Waals surface area contributed by atoms with Crippen molar-refractivity contribution in [2.75, 3.05) is 13.7 Å². The monoisotopic (exact) mass is 262 g/mol. The van der Waals surface area contributed by atoms with E-state index in [0.29, 0.717) is 0 Å². The highest BCUT2D eigenvalue weighted by Gasteiger charge is 2.12. The number of sulfonamides is 1. The van der Waals surface area contributed by atoms with Crippen LogP contribution in [0.4, 0.5) is 4.39 Å². The Kier molecular flexibility index (Phi) is 4.02. The van der Waals surface area contributed by atoms with Crippen LogP contribution >= 0.6 is 0 Å². The van der Waals surface area contributed by atoms with Crippen molar-refractivity contribution >= 4 is 15.9 Å². The molecule has 0 radical (unpaired) electrons. The zero-order valence-electron chi connectivity index (χ0n) is 8.94. The van der Waals surface area contributed by atoms with E-state index in [9.17, 15) is 17.6 Å². The average molecular weight is 262 g/mol. The second-order valence-electron chi connectivity index (χ2n) is 3.10. The van der Waals surface area contributed by atoms with E-state index in [2.05, 4.69) is 5.32 Å². The summed E-state index contributed by atoms with van der Waals surface area (Å²) in [5, 5.41) is 7.11. The first-order chi connectivity index (χ1) is 7.84. The summed E-state index contributed by atoms with van der Waals surface area (Å²) < 4.78 is 40.0. The van der Waals surface area contributed by atoms with Gasteiger partial charge in [-0.2, -0.15) is 0 Å². The molecule has 0 fully saturated rings. The summed E-state index contributed by atoms with van der Waals surface area (Å²) in [5.74, 6) is -1.55. The van der Waals surface area contributed by atoms with Gasteiger partial charge in [0.15, 0.2) is 18.2 Å². The Labute approximate surface area is 97.6 Å². The number of likely N-dealkylation sites (N-methyl/N-ethyl adjacent to an activating group) is 1. The maximum atomic E-state index is 13.4. The summed E-state index contributed by atoms with van der Waals surface area (Å²) in [7, 11) is -2.54. The van der Waals surface area contributed by atoms with Gasteiger partial charge in [0.1, 0.15) is 0 Å². The zero-order chi connectivity index (χ0) is 13.1. The van der Waals surface area contributed by atoms with E-state index in [1.165, 1.54) is 7.05 Å². The molecule has 0 aliphatic heterocycles. The molecule has 0 saturated heterocycles. The molecule has 0 aliphatic carbocycles. The zero-order valence-corrected chi connectivity index (χ0v) is 9.75. The van der Waals surface area contributed by atoms with Crippen LogP contribution in [0.5, 0.6) is 5.75 Å². The van der Waals surface area contributed by atoms with Crippen LogP contribution in [-0.4, -0.2) is 28.0 Å². The lowest BCUT2D eigenvalue weighted by Crippen LogP contribution is -2.25. The third-order valence-electron chi connectivity index (χ3n) is 1.87. The lowest BCUT2D eigenvalue weighted by atomic mass is 10.3. The molecule has 0 heterocycles. The number of rotatable bonds is 4. The van der Waals surface area contributed by atoms with Crippen molar-refractivity contribution in [3.8, 4) is 5.75 Å². The average Bonchev–Trinajstić information content (AvgIpc) is 2.25. The highest BCUT2D eigenvalue weighted by molar-refractivity contribution is 7.89. The van der Waals surface area contributed by atoms with Gasteiger partial charge in [-0.05, 0) is 18.2 Å². The van der Waals surface area contributed by atoms with E-state index in [1.54, 1.807) is 0 Å². The van der Waals surface area contributed by atoms with E-state index in [1.807, 2.05) is 0 Å². The van der Waals surface area contributed by atoms with Gasteiger partial charge in [0, 0.05) is 7.05 Å². The highest BCUT2D eigenvalue weighted by Crippen LogP contribution is 2.20. The molecule has 0 unspecified atom stereocenters. The summed E-state index contributed by atoms with van der Waals surface area (Å²) in [6.07, 6.45) is 0. The first-order valence-electron chi connectivity index (χ1n) is 4.50. The second-order valence-corrected chi connectivity index (χ2v) is 4.66. The van der Waals surface area contributed by atoms with E-state index in [4.69, 9.17) is 9.88 Å². The molecule has 0 aliphatic rings. The fourth-order valence-electron chi connectivity index (χ4n) is 0.991. The molecule has 94 valence electrons. The largest absolute Gasteiger partial charge is 0.481 e. The molecule has 0 bridgehead atoms. The van der Waals surface area contributed by atoms with Gasteiger partial charge in [-0.3, -0.25) is 4.79 Å². The van der Waals surface area contributed by atoms with E-state index < -0.39 is 21.7 Å². The summed E-state index contributed by atoms with van der Waals surface area (Å²) >= 11 is 0. The minimum absolute atomic E-state index is 0.221. The first kappa shape index (κ1) is 13.4. The number of nitrogens with two attached hydrogens (primary N) is 1. The van der Waals surface area contributed by atoms with Crippen LogP contribution in [0.15, 0.2) is 23.1 Å². The number of benzene rings is 1. The number of nitrogens with one attached hydrogen (secondary N) is 1. The van der Waals surface area contributed by atoms with E-state index >= 15 is 0 Å². The molecular formula is C9H11FN2O4S. The van der Waals surface area contributed by atoms with Crippen LogP contribution in [0.25, 0.3) is 0 Å². The molecule has 1 amide bonds. The van der Waals surface area contributed by atoms with Crippen molar-refractivity contribution < 1.29 is 22.3 Å². The quantitative estimate of drug-likeness (QED) is 0.771. The Bertz CT molecular complexity index is 530. The van der Waals surface area contributed by atoms with E-state index in [-0.39, 0.29) is 17.3 Å². The highest BCUT2D eigenvalue weighted by atomic mass is 32.2. The normalized spacial score (nSPS) is 11.0. The van der Waals surface area contributed by atoms with Gasteiger partial charge in [-0.15, -0.1) is 0 Å². The van der Waals surface area contributed by atoms with Gasteiger partial charge in [-0.1, -0.05) is 0 Å². The van der Waals surface area contributed by atoms with Gasteiger partial charge in [0.25, 0.3) is 5.91 Å². The molecule has 8 heteroatoms. The molecule has 3 N–H and O–H groups in total. The fourth-order valence-corrected chi connectivity index (χ4v) is 1.52. The number of hydrogen-bond acceptors (Lipinski definition) is 4. The maximum absolute atomic E-state index is 13.4. The van der Waals surface area contributed by atoms with Crippen molar-refractivity contribution in [2.24, 2.45) is 5.14 Å². The van der Waals surface area contributed by atoms with E-state index in [0.717, 1.165) is 18.2 Å². The Morgan fingerprint density at radius 2 is 2.18 bits per heavy atom. The van der Waals surface area contributed by atoms with Crippen LogP contribution in [0, 0.1) is 5.82 Å². The van der Waals surface area contributed by atoms with Crippen LogP contribution in [0.2, 0.25) is 0 Å². The van der Waals surface area contributed by atoms with Crippen LogP contribution < -0.4 is 15.2 Å². The number of hydrogen-bond donors (Lipinski definition) is 2. The summed E-state index contributed by atoms with van der Waals surface area (Å²) in [6, 6.07) is 2.92. The Morgan fingerprint density at radius 1 is 1.53 bits per heavy atom. The molecule has 0 atom stereocenters. The number of amides is 1. The minimum atomic E-state index is -3.95. The number of carbonyl (C=O) groups is 1. The molecule has 1 rings (SSSR count). The molecule has 0 aromatic heterocycles. The van der Waals surface area contributed by atoms with Crippen LogP contribution in [-0.2, 0) is 14.8 Å². The number of carbonyl (C=O) groups excluding carboxylic acids is 1. The van der Waals surface area contributed by atoms with Crippen molar-refractivity contribution in [3.63, 3.8) is 0 Å². The third-order valence-corrected chi connectivity index (χ3v) is 2.78. The van der Waals surface area contributed by atoms with Gasteiger partial charge < -0.3 is 10.1 Å². The van der Waals surface area contributed by atoms with Crippen molar-refractivity contribution in [1.29, 1.82) is 0 Å². The summed E-state index contributed by atoms with van der Waals surface area (Å²) in [5.41, 5.74) is 0. The van der Waals surface area contributed by atoms with Crippen molar-refractivity contribution in [3.05, 3.63) is 24.0 Å².